The predicted octanol–water partition coefficient (Wildman–Crippen LogP) is 4.25. The summed E-state index contributed by atoms with van der Waals surface area (Å²) in [5.74, 6) is 3.80. The molecule has 0 bridgehead atoms. The zero-order valence-electron chi connectivity index (χ0n) is 19.8. The zero-order chi connectivity index (χ0) is 23.7. The Hall–Kier alpha value is -2.76. The van der Waals surface area contributed by atoms with Gasteiger partial charge < -0.3 is 9.64 Å². The molecule has 0 fully saturated rings. The second-order valence-electron chi connectivity index (χ2n) is 7.30. The Morgan fingerprint density at radius 2 is 1.97 bits per heavy atom. The number of benzene rings is 1. The predicted molar refractivity (Wildman–Crippen MR) is 133 cm³/mol. The van der Waals surface area contributed by atoms with E-state index in [1.165, 1.54) is 16.3 Å². The summed E-state index contributed by atoms with van der Waals surface area (Å²) >= 11 is 1.31. The molecule has 0 aliphatic heterocycles. The van der Waals surface area contributed by atoms with Crippen LogP contribution in [0.2, 0.25) is 0 Å². The zero-order valence-corrected chi connectivity index (χ0v) is 20.6. The number of hydrogen-bond donors (Lipinski definition) is 1. The van der Waals surface area contributed by atoms with E-state index in [-0.39, 0.29) is 11.8 Å². The summed E-state index contributed by atoms with van der Waals surface area (Å²) in [5, 5.41) is 4.84. The highest BCUT2D eigenvalue weighted by atomic mass is 32.2. The average molecular weight is 456 g/mol. The third kappa shape index (κ3) is 6.38. The summed E-state index contributed by atoms with van der Waals surface area (Å²) < 4.78 is 7.44. The van der Waals surface area contributed by atoms with Gasteiger partial charge in [-0.1, -0.05) is 50.6 Å². The lowest BCUT2D eigenvalue weighted by Gasteiger charge is -2.19. The fourth-order valence-electron chi connectivity index (χ4n) is 3.19. The van der Waals surface area contributed by atoms with E-state index in [0.29, 0.717) is 16.6 Å². The van der Waals surface area contributed by atoms with Crippen molar-refractivity contribution in [2.24, 2.45) is 0 Å². The van der Waals surface area contributed by atoms with E-state index < -0.39 is 0 Å². The van der Waals surface area contributed by atoms with E-state index in [0.717, 1.165) is 42.0 Å². The molecule has 8 heteroatoms. The van der Waals surface area contributed by atoms with Crippen LogP contribution < -0.4 is 10.4 Å². The van der Waals surface area contributed by atoms with Crippen molar-refractivity contribution in [3.05, 3.63) is 40.4 Å². The van der Waals surface area contributed by atoms with Crippen LogP contribution in [-0.4, -0.2) is 57.0 Å². The van der Waals surface area contributed by atoms with Crippen molar-refractivity contribution in [1.82, 2.24) is 24.5 Å². The Morgan fingerprint density at radius 1 is 1.28 bits per heavy atom. The standard InChI is InChI=1S/C22H27N5O2S.C2H6/c1-6-14-30-21-23-20-19(15(3)25-27(20)22(28)24-21)16-8-10-18(11-9-16)29-17(7-2)12-13-26(4)5;1-2/h1,8-11,17H,7,12-14H2,2-5H3,(H,23,24,28);1-2H3. The molecule has 0 amide bonds. The molecular weight excluding hydrogens is 422 g/mol. The molecule has 0 radical (unpaired) electrons. The minimum atomic E-state index is -0.333. The van der Waals surface area contributed by atoms with E-state index in [1.54, 1.807) is 0 Å². The number of fused-ring (bicyclic) bond motifs is 1. The highest BCUT2D eigenvalue weighted by Gasteiger charge is 2.17. The van der Waals surface area contributed by atoms with Crippen molar-refractivity contribution in [2.75, 3.05) is 26.4 Å². The molecule has 1 N–H and O–H groups in total. The van der Waals surface area contributed by atoms with E-state index in [1.807, 2.05) is 45.0 Å². The van der Waals surface area contributed by atoms with Crippen molar-refractivity contribution < 1.29 is 4.74 Å². The van der Waals surface area contributed by atoms with Gasteiger partial charge in [0.05, 0.1) is 17.6 Å². The van der Waals surface area contributed by atoms with E-state index in [9.17, 15) is 4.79 Å². The molecular formula is C24H33N5O2S. The first kappa shape index (κ1) is 25.5. The second kappa shape index (κ2) is 12.3. The first-order chi connectivity index (χ1) is 15.4. The molecule has 0 spiro atoms. The molecule has 7 nitrogen and oxygen atoms in total. The third-order valence-corrected chi connectivity index (χ3v) is 5.52. The van der Waals surface area contributed by atoms with Gasteiger partial charge in [-0.25, -0.2) is 9.78 Å². The van der Waals surface area contributed by atoms with Gasteiger partial charge in [-0.2, -0.15) is 9.61 Å². The third-order valence-electron chi connectivity index (χ3n) is 4.74. The lowest BCUT2D eigenvalue weighted by atomic mass is 10.1. The number of terminal acetylenes is 1. The fraction of sp³-hybridized carbons (Fsp3) is 0.458. The van der Waals surface area contributed by atoms with Crippen LogP contribution >= 0.6 is 11.8 Å². The maximum atomic E-state index is 12.4. The van der Waals surface area contributed by atoms with Crippen molar-refractivity contribution in [1.29, 1.82) is 0 Å². The van der Waals surface area contributed by atoms with Crippen LogP contribution in [0.5, 0.6) is 5.75 Å². The van der Waals surface area contributed by atoms with Gasteiger partial charge in [-0.05, 0) is 51.6 Å². The fourth-order valence-corrected chi connectivity index (χ4v) is 3.72. The van der Waals surface area contributed by atoms with Gasteiger partial charge in [0.1, 0.15) is 5.75 Å². The van der Waals surface area contributed by atoms with Crippen LogP contribution in [0.1, 0.15) is 39.3 Å². The molecule has 1 atom stereocenters. The van der Waals surface area contributed by atoms with Gasteiger partial charge >= 0.3 is 5.69 Å². The maximum Gasteiger partial charge on any atom is 0.350 e. The number of nitrogens with one attached hydrogen (secondary N) is 1. The monoisotopic (exact) mass is 455 g/mol. The highest BCUT2D eigenvalue weighted by molar-refractivity contribution is 7.99. The molecule has 0 aliphatic carbocycles. The number of aromatic amines is 1. The van der Waals surface area contributed by atoms with Crippen molar-refractivity contribution in [3.8, 4) is 29.2 Å². The molecule has 32 heavy (non-hydrogen) atoms. The van der Waals surface area contributed by atoms with Crippen molar-refractivity contribution in [3.63, 3.8) is 0 Å². The molecule has 2 aromatic heterocycles. The molecule has 3 aromatic rings. The lowest BCUT2D eigenvalue weighted by molar-refractivity contribution is 0.172. The molecule has 2 heterocycles. The van der Waals surface area contributed by atoms with Crippen LogP contribution in [0.4, 0.5) is 0 Å². The Bertz CT molecular complexity index is 1100. The Morgan fingerprint density at radius 3 is 2.56 bits per heavy atom. The number of nitrogens with zero attached hydrogens (tertiary/aromatic N) is 4. The van der Waals surface area contributed by atoms with Gasteiger partial charge in [-0.15, -0.1) is 6.42 Å². The first-order valence-corrected chi connectivity index (χ1v) is 11.9. The SMILES string of the molecule is C#CCSc1nc2c(-c3ccc(OC(CC)CCN(C)C)cc3)c(C)nn2c(=O)[nH]1.CC. The summed E-state index contributed by atoms with van der Waals surface area (Å²) in [6, 6.07) is 7.87. The molecule has 3 rings (SSSR count). The van der Waals surface area contributed by atoms with Gasteiger partial charge in [0, 0.05) is 12.1 Å². The van der Waals surface area contributed by atoms with Crippen LogP contribution in [0.3, 0.4) is 0 Å². The van der Waals surface area contributed by atoms with Crippen molar-refractivity contribution in [2.45, 2.75) is 51.8 Å². The minimum Gasteiger partial charge on any atom is -0.490 e. The van der Waals surface area contributed by atoms with Gasteiger partial charge in [0.15, 0.2) is 10.8 Å². The molecule has 1 aromatic carbocycles. The number of H-pyrrole nitrogens is 1. The summed E-state index contributed by atoms with van der Waals surface area (Å²) in [6.45, 7) is 8.99. The van der Waals surface area contributed by atoms with Crippen molar-refractivity contribution >= 4 is 17.4 Å². The lowest BCUT2D eigenvalue weighted by Crippen LogP contribution is -2.23. The number of thioether (sulfide) groups is 1. The van der Waals surface area contributed by atoms with Crippen LogP contribution in [0, 0.1) is 19.3 Å². The number of rotatable bonds is 9. The quantitative estimate of drug-likeness (QED) is 0.384. The number of aromatic nitrogens is 4. The maximum absolute atomic E-state index is 12.4. The van der Waals surface area contributed by atoms with Gasteiger partial charge in [0.2, 0.25) is 0 Å². The summed E-state index contributed by atoms with van der Waals surface area (Å²) in [6.07, 6.45) is 7.42. The molecule has 0 saturated carbocycles. The van der Waals surface area contributed by atoms with Crippen LogP contribution in [0.15, 0.2) is 34.2 Å². The molecule has 1 unspecified atom stereocenters. The largest absolute Gasteiger partial charge is 0.490 e. The number of ether oxygens (including phenoxy) is 1. The molecule has 172 valence electrons. The topological polar surface area (TPSA) is 75.5 Å². The Kier molecular flexibility index (Phi) is 9.82. The van der Waals surface area contributed by atoms with Gasteiger partial charge in [0.25, 0.3) is 0 Å². The molecule has 0 aliphatic rings. The second-order valence-corrected chi connectivity index (χ2v) is 8.26. The molecule has 0 saturated heterocycles. The number of hydrogen-bond acceptors (Lipinski definition) is 6. The Labute approximate surface area is 194 Å². The van der Waals surface area contributed by atoms with Crippen LogP contribution in [-0.2, 0) is 0 Å². The van der Waals surface area contributed by atoms with Crippen LogP contribution in [0.25, 0.3) is 16.8 Å². The van der Waals surface area contributed by atoms with E-state index in [2.05, 4.69) is 46.9 Å². The average Bonchev–Trinajstić information content (AvgIpc) is 3.13. The summed E-state index contributed by atoms with van der Waals surface area (Å²) in [7, 11) is 4.13. The normalized spacial score (nSPS) is 11.7. The van der Waals surface area contributed by atoms with E-state index >= 15 is 0 Å². The first-order valence-electron chi connectivity index (χ1n) is 10.9. The number of aryl methyl sites for hydroxylation is 1. The smallest absolute Gasteiger partial charge is 0.350 e. The highest BCUT2D eigenvalue weighted by Crippen LogP contribution is 2.29. The van der Waals surface area contributed by atoms with E-state index in [4.69, 9.17) is 11.2 Å². The minimum absolute atomic E-state index is 0.174. The summed E-state index contributed by atoms with van der Waals surface area (Å²) in [4.78, 5) is 21.8. The Balaban J connectivity index is 0.00000176. The van der Waals surface area contributed by atoms with Gasteiger partial charge in [-0.3, -0.25) is 4.98 Å². The summed E-state index contributed by atoms with van der Waals surface area (Å²) in [5.41, 5.74) is 2.68.